The summed E-state index contributed by atoms with van der Waals surface area (Å²) in [6, 6.07) is 7.23. The number of ether oxygens (including phenoxy) is 1. The smallest absolute Gasteiger partial charge is 0.188 e. The summed E-state index contributed by atoms with van der Waals surface area (Å²) < 4.78 is 7.07. The zero-order chi connectivity index (χ0) is 14.4. The highest BCUT2D eigenvalue weighted by molar-refractivity contribution is 5.98. The van der Waals surface area contributed by atoms with Crippen molar-refractivity contribution in [1.29, 1.82) is 0 Å². The highest BCUT2D eigenvalue weighted by atomic mass is 16.5. The van der Waals surface area contributed by atoms with Crippen molar-refractivity contribution in [3.63, 3.8) is 0 Å². The van der Waals surface area contributed by atoms with Crippen LogP contribution >= 0.6 is 0 Å². The van der Waals surface area contributed by atoms with Gasteiger partial charge in [0.05, 0.1) is 24.1 Å². The van der Waals surface area contributed by atoms with Gasteiger partial charge in [0.1, 0.15) is 12.3 Å². The molecule has 6 heteroatoms. The summed E-state index contributed by atoms with van der Waals surface area (Å²) in [5.41, 5.74) is 6.68. The third-order valence-corrected chi connectivity index (χ3v) is 2.75. The predicted molar refractivity (Wildman–Crippen MR) is 74.5 cm³/mol. The molecule has 0 unspecified atom stereocenters. The van der Waals surface area contributed by atoms with Gasteiger partial charge in [0.2, 0.25) is 0 Å². The molecule has 2 aromatic rings. The minimum Gasteiger partial charge on any atom is -0.493 e. The molecule has 0 aliphatic carbocycles. The first-order valence-corrected chi connectivity index (χ1v) is 6.58. The monoisotopic (exact) mass is 274 g/mol. The van der Waals surface area contributed by atoms with Gasteiger partial charge in [-0.1, -0.05) is 24.3 Å². The second-order valence-electron chi connectivity index (χ2n) is 4.38. The van der Waals surface area contributed by atoms with Crippen LogP contribution in [-0.4, -0.2) is 27.4 Å². The number of rotatable bonds is 7. The summed E-state index contributed by atoms with van der Waals surface area (Å²) in [5, 5.41) is 7.73. The van der Waals surface area contributed by atoms with E-state index in [2.05, 4.69) is 10.3 Å². The van der Waals surface area contributed by atoms with Crippen LogP contribution in [0.4, 0.5) is 0 Å². The van der Waals surface area contributed by atoms with Gasteiger partial charge in [-0.3, -0.25) is 4.79 Å². The number of carbonyl (C=O) groups is 1. The number of aromatic nitrogens is 3. The van der Waals surface area contributed by atoms with Crippen LogP contribution in [-0.2, 0) is 13.1 Å². The van der Waals surface area contributed by atoms with Crippen LogP contribution in [0.3, 0.4) is 0 Å². The Morgan fingerprint density at radius 2 is 2.20 bits per heavy atom. The van der Waals surface area contributed by atoms with E-state index in [1.165, 1.54) is 4.68 Å². The van der Waals surface area contributed by atoms with Gasteiger partial charge in [-0.05, 0) is 18.6 Å². The lowest BCUT2D eigenvalue weighted by atomic mass is 10.1. The Bertz CT molecular complexity index is 580. The van der Waals surface area contributed by atoms with Crippen molar-refractivity contribution < 1.29 is 9.53 Å². The van der Waals surface area contributed by atoms with Crippen molar-refractivity contribution in [1.82, 2.24) is 15.0 Å². The lowest BCUT2D eigenvalue weighted by molar-refractivity contribution is 0.0963. The van der Waals surface area contributed by atoms with Gasteiger partial charge >= 0.3 is 0 Å². The Balaban J connectivity index is 2.12. The number of hydrogen-bond acceptors (Lipinski definition) is 5. The normalized spacial score (nSPS) is 10.5. The third kappa shape index (κ3) is 3.42. The number of para-hydroxylation sites is 1. The van der Waals surface area contributed by atoms with E-state index in [9.17, 15) is 4.79 Å². The minimum atomic E-state index is -0.0647. The van der Waals surface area contributed by atoms with E-state index < -0.39 is 0 Å². The third-order valence-electron chi connectivity index (χ3n) is 2.75. The molecule has 0 aliphatic heterocycles. The SMILES string of the molecule is CCCOc1ccccc1C(=O)Cn1cc(CN)nn1. The lowest BCUT2D eigenvalue weighted by Crippen LogP contribution is -2.13. The number of hydrogen-bond donors (Lipinski definition) is 1. The van der Waals surface area contributed by atoms with E-state index >= 15 is 0 Å². The minimum absolute atomic E-state index is 0.0647. The summed E-state index contributed by atoms with van der Waals surface area (Å²) in [5.74, 6) is 0.545. The van der Waals surface area contributed by atoms with Gasteiger partial charge in [0.15, 0.2) is 5.78 Å². The van der Waals surface area contributed by atoms with Crippen molar-refractivity contribution in [3.05, 3.63) is 41.7 Å². The molecule has 1 heterocycles. The van der Waals surface area contributed by atoms with Crippen molar-refractivity contribution in [2.45, 2.75) is 26.4 Å². The molecule has 0 radical (unpaired) electrons. The lowest BCUT2D eigenvalue weighted by Gasteiger charge is -2.09. The van der Waals surface area contributed by atoms with Crippen molar-refractivity contribution in [2.24, 2.45) is 5.73 Å². The van der Waals surface area contributed by atoms with E-state index in [4.69, 9.17) is 10.5 Å². The number of ketones is 1. The largest absolute Gasteiger partial charge is 0.493 e. The zero-order valence-corrected chi connectivity index (χ0v) is 11.5. The molecular formula is C14H18N4O2. The Labute approximate surface area is 117 Å². The molecule has 0 fully saturated rings. The molecular weight excluding hydrogens is 256 g/mol. The highest BCUT2D eigenvalue weighted by Gasteiger charge is 2.13. The maximum atomic E-state index is 12.3. The van der Waals surface area contributed by atoms with Crippen molar-refractivity contribution in [2.75, 3.05) is 6.61 Å². The van der Waals surface area contributed by atoms with Gasteiger partial charge in [-0.15, -0.1) is 5.10 Å². The molecule has 0 saturated heterocycles. The second-order valence-corrected chi connectivity index (χ2v) is 4.38. The Kier molecular flexibility index (Phi) is 4.84. The molecule has 0 spiro atoms. The first-order chi connectivity index (χ1) is 9.74. The number of Topliss-reactive ketones (excluding diaryl/α,β-unsaturated/α-hetero) is 1. The van der Waals surface area contributed by atoms with E-state index in [1.807, 2.05) is 19.1 Å². The maximum Gasteiger partial charge on any atom is 0.188 e. The zero-order valence-electron chi connectivity index (χ0n) is 11.5. The van der Waals surface area contributed by atoms with Crippen LogP contribution in [0.15, 0.2) is 30.5 Å². The van der Waals surface area contributed by atoms with Gasteiger partial charge < -0.3 is 10.5 Å². The van der Waals surface area contributed by atoms with Gasteiger partial charge in [-0.25, -0.2) is 4.68 Å². The fraction of sp³-hybridized carbons (Fsp3) is 0.357. The van der Waals surface area contributed by atoms with Crippen molar-refractivity contribution >= 4 is 5.78 Å². The Hall–Kier alpha value is -2.21. The van der Waals surface area contributed by atoms with Crippen LogP contribution < -0.4 is 10.5 Å². The quantitative estimate of drug-likeness (QED) is 0.772. The second kappa shape index (κ2) is 6.81. The summed E-state index contributed by atoms with van der Waals surface area (Å²) in [6.07, 6.45) is 2.57. The summed E-state index contributed by atoms with van der Waals surface area (Å²) in [4.78, 5) is 12.3. The topological polar surface area (TPSA) is 83.0 Å². The number of benzene rings is 1. The molecule has 106 valence electrons. The molecule has 0 atom stereocenters. The number of nitrogens with two attached hydrogens (primary N) is 1. The van der Waals surface area contributed by atoms with Crippen LogP contribution in [0.25, 0.3) is 0 Å². The Morgan fingerprint density at radius 1 is 1.40 bits per heavy atom. The van der Waals surface area contributed by atoms with Gasteiger partial charge in [0, 0.05) is 6.54 Å². The molecule has 0 aliphatic rings. The number of carbonyl (C=O) groups excluding carboxylic acids is 1. The van der Waals surface area contributed by atoms with Crippen LogP contribution in [0, 0.1) is 0 Å². The molecule has 6 nitrogen and oxygen atoms in total. The average Bonchev–Trinajstić information content (AvgIpc) is 2.93. The van der Waals surface area contributed by atoms with E-state index in [0.29, 0.717) is 30.2 Å². The molecule has 1 aromatic carbocycles. The Morgan fingerprint density at radius 3 is 2.90 bits per heavy atom. The van der Waals surface area contributed by atoms with Gasteiger partial charge in [-0.2, -0.15) is 0 Å². The maximum absolute atomic E-state index is 12.3. The molecule has 0 saturated carbocycles. The predicted octanol–water partition coefficient (Wildman–Crippen LogP) is 1.41. The molecule has 1 aromatic heterocycles. The van der Waals surface area contributed by atoms with Crippen molar-refractivity contribution in [3.8, 4) is 5.75 Å². The first kappa shape index (κ1) is 14.2. The number of nitrogens with zero attached hydrogens (tertiary/aromatic N) is 3. The molecule has 2 N–H and O–H groups in total. The average molecular weight is 274 g/mol. The summed E-state index contributed by atoms with van der Waals surface area (Å²) >= 11 is 0. The summed E-state index contributed by atoms with van der Waals surface area (Å²) in [7, 11) is 0. The van der Waals surface area contributed by atoms with Crippen LogP contribution in [0.1, 0.15) is 29.4 Å². The van der Waals surface area contributed by atoms with E-state index in [-0.39, 0.29) is 12.3 Å². The molecule has 2 rings (SSSR count). The molecule has 0 bridgehead atoms. The molecule has 20 heavy (non-hydrogen) atoms. The van der Waals surface area contributed by atoms with E-state index in [0.717, 1.165) is 6.42 Å². The first-order valence-electron chi connectivity index (χ1n) is 6.58. The summed E-state index contributed by atoms with van der Waals surface area (Å²) in [6.45, 7) is 3.04. The fourth-order valence-corrected chi connectivity index (χ4v) is 1.78. The highest BCUT2D eigenvalue weighted by Crippen LogP contribution is 2.19. The molecule has 0 amide bonds. The van der Waals surface area contributed by atoms with Gasteiger partial charge in [0.25, 0.3) is 0 Å². The van der Waals surface area contributed by atoms with Crippen LogP contribution in [0.2, 0.25) is 0 Å². The van der Waals surface area contributed by atoms with E-state index in [1.54, 1.807) is 18.3 Å². The standard InChI is InChI=1S/C14H18N4O2/c1-2-7-20-14-6-4-3-5-12(14)13(19)10-18-9-11(8-15)16-17-18/h3-6,9H,2,7-8,10,15H2,1H3. The van der Waals surface area contributed by atoms with Crippen LogP contribution in [0.5, 0.6) is 5.75 Å². The fourth-order valence-electron chi connectivity index (χ4n) is 1.78.